The molecule has 1 N–H and O–H groups in total. The Morgan fingerprint density at radius 1 is 1.03 bits per heavy atom. The molecule has 3 fully saturated rings. The minimum Gasteiger partial charge on any atom is -0.469 e. The predicted octanol–water partition coefficient (Wildman–Crippen LogP) is 8.26. The zero-order valence-corrected chi connectivity index (χ0v) is 26.1. The Hall–Kier alpha value is -1.84. The van der Waals surface area contributed by atoms with Crippen LogP contribution in [0.2, 0.25) is 0 Å². The number of rotatable bonds is 2. The van der Waals surface area contributed by atoms with Crippen molar-refractivity contribution in [3.63, 3.8) is 0 Å². The van der Waals surface area contributed by atoms with Gasteiger partial charge in [0.2, 0.25) is 0 Å². The van der Waals surface area contributed by atoms with Gasteiger partial charge in [-0.1, -0.05) is 66.7 Å². The average molecular weight is 533 g/mol. The number of aryl methyl sites for hydroxylation is 1. The Balaban J connectivity index is 1.54. The Kier molecular flexibility index (Phi) is 5.70. The summed E-state index contributed by atoms with van der Waals surface area (Å²) < 4.78 is 5.58. The van der Waals surface area contributed by atoms with Gasteiger partial charge in [-0.3, -0.25) is 9.89 Å². The van der Waals surface area contributed by atoms with E-state index in [9.17, 15) is 4.79 Å². The van der Waals surface area contributed by atoms with Gasteiger partial charge in [0, 0.05) is 11.1 Å². The number of methoxy groups -OCH3 is 1. The average Bonchev–Trinajstić information content (AvgIpc) is 3.24. The van der Waals surface area contributed by atoms with Crippen LogP contribution in [-0.2, 0) is 21.4 Å². The van der Waals surface area contributed by atoms with Gasteiger partial charge in [0.1, 0.15) is 0 Å². The lowest BCUT2D eigenvalue weighted by Gasteiger charge is -2.71. The van der Waals surface area contributed by atoms with E-state index < -0.39 is 0 Å². The van der Waals surface area contributed by atoms with Crippen molar-refractivity contribution in [2.45, 2.75) is 119 Å². The number of nitrogens with zero attached hydrogens (tertiary/aromatic N) is 1. The van der Waals surface area contributed by atoms with Gasteiger partial charge in [0.15, 0.2) is 0 Å². The van der Waals surface area contributed by atoms with Crippen LogP contribution >= 0.6 is 0 Å². The molecule has 0 aliphatic heterocycles. The van der Waals surface area contributed by atoms with Crippen molar-refractivity contribution < 1.29 is 9.53 Å². The van der Waals surface area contributed by atoms with Crippen LogP contribution in [0.3, 0.4) is 0 Å². The molecule has 1 aromatic heterocycles. The summed E-state index contributed by atoms with van der Waals surface area (Å²) in [5.74, 6) is 1.44. The van der Waals surface area contributed by atoms with Crippen molar-refractivity contribution in [2.24, 2.45) is 44.8 Å². The van der Waals surface area contributed by atoms with Gasteiger partial charge >= 0.3 is 5.97 Å². The summed E-state index contributed by atoms with van der Waals surface area (Å²) in [4.78, 5) is 13.6. The van der Waals surface area contributed by atoms with E-state index in [1.807, 2.05) is 0 Å². The van der Waals surface area contributed by atoms with E-state index in [2.05, 4.69) is 73.1 Å². The molecule has 0 bridgehead atoms. The molecule has 0 radical (unpaired) electrons. The van der Waals surface area contributed by atoms with Crippen LogP contribution in [-0.4, -0.2) is 23.3 Å². The van der Waals surface area contributed by atoms with Gasteiger partial charge in [0.05, 0.1) is 18.2 Å². The van der Waals surface area contributed by atoms with E-state index >= 15 is 0 Å². The van der Waals surface area contributed by atoms with Crippen molar-refractivity contribution in [3.8, 4) is 0 Å². The maximum atomic E-state index is 13.6. The van der Waals surface area contributed by atoms with Crippen LogP contribution in [0.25, 0.3) is 0 Å². The number of fused-ring (bicyclic) bond motifs is 8. The third-order valence-electron chi connectivity index (χ3n) is 14.0. The van der Waals surface area contributed by atoms with Crippen LogP contribution in [0.1, 0.15) is 117 Å². The van der Waals surface area contributed by atoms with Crippen molar-refractivity contribution in [3.05, 3.63) is 40.8 Å². The number of hydrogen-bond donors (Lipinski definition) is 1. The molecule has 3 saturated carbocycles. The van der Waals surface area contributed by atoms with E-state index in [0.717, 1.165) is 44.9 Å². The molecule has 6 rings (SSSR count). The second-order valence-corrected chi connectivity index (χ2v) is 16.4. The monoisotopic (exact) mass is 532 g/mol. The number of nitrogens with one attached hydrogen (secondary N) is 1. The van der Waals surface area contributed by atoms with E-state index in [-0.39, 0.29) is 44.4 Å². The van der Waals surface area contributed by atoms with Crippen molar-refractivity contribution >= 4 is 5.97 Å². The van der Waals surface area contributed by atoms with E-state index in [1.165, 1.54) is 35.4 Å². The number of aromatic nitrogens is 2. The molecule has 4 nitrogen and oxygen atoms in total. The minimum absolute atomic E-state index is 0.0286. The molecular formula is C35H52N2O2. The van der Waals surface area contributed by atoms with Gasteiger partial charge in [-0.2, -0.15) is 5.10 Å². The van der Waals surface area contributed by atoms with Crippen LogP contribution in [0.4, 0.5) is 0 Å². The number of allylic oxidation sites excluding steroid dienone is 3. The fourth-order valence-corrected chi connectivity index (χ4v) is 11.7. The maximum absolute atomic E-state index is 13.6. The highest BCUT2D eigenvalue weighted by Gasteiger charge is 2.70. The lowest BCUT2D eigenvalue weighted by atomic mass is 9.33. The van der Waals surface area contributed by atoms with E-state index in [1.54, 1.807) is 12.7 Å². The molecule has 1 unspecified atom stereocenters. The van der Waals surface area contributed by atoms with Crippen molar-refractivity contribution in [2.75, 3.05) is 7.11 Å². The standard InChI is InChI=1S/C35H52N2O2/c1-11-22-18-26-32(7)19-23-21(2)36-37-28(23)31(5,6)25(32)12-13-33(26,8)34(9)15-17-35(29(38)39-10)16-14-30(3,4)20-24(35)27(22)34/h11,24-26H,1,12-20H2,2-10H3,(H,36,37)/t24-,25-,26?,32-,33+,34+,35-/m0/s1. The zero-order valence-electron chi connectivity index (χ0n) is 26.1. The third kappa shape index (κ3) is 3.24. The molecule has 0 aromatic carbocycles. The summed E-state index contributed by atoms with van der Waals surface area (Å²) in [6.07, 6.45) is 12.0. The van der Waals surface area contributed by atoms with Gasteiger partial charge in [-0.05, 0) is 115 Å². The molecule has 214 valence electrons. The van der Waals surface area contributed by atoms with E-state index in [0.29, 0.717) is 11.8 Å². The molecule has 0 saturated heterocycles. The number of aromatic amines is 1. The van der Waals surface area contributed by atoms with Crippen molar-refractivity contribution in [1.29, 1.82) is 0 Å². The second-order valence-electron chi connectivity index (χ2n) is 16.4. The lowest BCUT2D eigenvalue weighted by Crippen LogP contribution is -2.65. The van der Waals surface area contributed by atoms with Crippen LogP contribution in [0, 0.1) is 51.8 Å². The predicted molar refractivity (Wildman–Crippen MR) is 157 cm³/mol. The third-order valence-corrected chi connectivity index (χ3v) is 14.0. The van der Waals surface area contributed by atoms with Crippen LogP contribution in [0.5, 0.6) is 0 Å². The molecule has 5 aliphatic carbocycles. The highest BCUT2D eigenvalue weighted by Crippen LogP contribution is 2.76. The Morgan fingerprint density at radius 3 is 2.38 bits per heavy atom. The first-order valence-electron chi connectivity index (χ1n) is 15.6. The minimum atomic E-state index is -0.382. The topological polar surface area (TPSA) is 55.0 Å². The maximum Gasteiger partial charge on any atom is 0.312 e. The second kappa shape index (κ2) is 8.13. The number of esters is 1. The molecule has 1 heterocycles. The smallest absolute Gasteiger partial charge is 0.312 e. The van der Waals surface area contributed by atoms with Crippen LogP contribution < -0.4 is 0 Å². The first kappa shape index (κ1) is 27.3. The highest BCUT2D eigenvalue weighted by molar-refractivity contribution is 5.79. The molecule has 39 heavy (non-hydrogen) atoms. The number of ether oxygens (including phenoxy) is 1. The SMILES string of the molecule is C=CC1=C2[C@@H]3CC(C)(C)CC[C@]3(C(=O)OC)CC[C@@]2(C)[C@]2(C)CC[C@H]3C(C)(C)c4n[nH]c(C)c4C[C@]3(C)C2C1. The molecular weight excluding hydrogens is 480 g/mol. The van der Waals surface area contributed by atoms with E-state index in [4.69, 9.17) is 9.84 Å². The Morgan fingerprint density at radius 2 is 1.72 bits per heavy atom. The van der Waals surface area contributed by atoms with Gasteiger partial charge in [0.25, 0.3) is 0 Å². The quantitative estimate of drug-likeness (QED) is 0.390. The molecule has 0 spiro atoms. The van der Waals surface area contributed by atoms with Gasteiger partial charge in [-0.15, -0.1) is 0 Å². The molecule has 4 heteroatoms. The molecule has 1 aromatic rings. The fourth-order valence-electron chi connectivity index (χ4n) is 11.7. The highest BCUT2D eigenvalue weighted by atomic mass is 16.5. The summed E-state index contributed by atoms with van der Waals surface area (Å²) >= 11 is 0. The summed E-state index contributed by atoms with van der Waals surface area (Å²) in [6.45, 7) is 24.2. The molecule has 5 aliphatic rings. The lowest BCUT2D eigenvalue weighted by molar-refractivity contribution is -0.180. The van der Waals surface area contributed by atoms with Gasteiger partial charge < -0.3 is 4.74 Å². The Bertz CT molecular complexity index is 1270. The first-order valence-corrected chi connectivity index (χ1v) is 15.6. The number of H-pyrrole nitrogens is 1. The first-order chi connectivity index (χ1) is 18.1. The fraction of sp³-hybridized carbons (Fsp3) is 0.771. The summed E-state index contributed by atoms with van der Waals surface area (Å²) in [7, 11) is 1.60. The molecule has 0 amide bonds. The number of hydrogen-bond acceptors (Lipinski definition) is 3. The summed E-state index contributed by atoms with van der Waals surface area (Å²) in [5.41, 5.74) is 7.35. The largest absolute Gasteiger partial charge is 0.469 e. The number of carbonyl (C=O) groups is 1. The van der Waals surface area contributed by atoms with Crippen LogP contribution in [0.15, 0.2) is 23.8 Å². The van der Waals surface area contributed by atoms with Gasteiger partial charge in [-0.25, -0.2) is 0 Å². The number of carbonyl (C=O) groups excluding carboxylic acids is 1. The Labute approximate surface area is 236 Å². The zero-order chi connectivity index (χ0) is 28.4. The summed E-state index contributed by atoms with van der Waals surface area (Å²) in [6, 6.07) is 0. The summed E-state index contributed by atoms with van der Waals surface area (Å²) in [5, 5.41) is 8.22. The van der Waals surface area contributed by atoms with Crippen molar-refractivity contribution in [1.82, 2.24) is 10.2 Å². The normalized spacial score (nSPS) is 43.8. The molecule has 7 atom stereocenters.